The van der Waals surface area contributed by atoms with Gasteiger partial charge in [0.15, 0.2) is 5.76 Å². The average Bonchev–Trinajstić information content (AvgIpc) is 3.09. The zero-order valence-electron chi connectivity index (χ0n) is 15.6. The molecule has 1 aliphatic carbocycles. The third-order valence-corrected chi connectivity index (χ3v) is 5.15. The van der Waals surface area contributed by atoms with Crippen molar-refractivity contribution in [1.29, 1.82) is 0 Å². The van der Waals surface area contributed by atoms with E-state index < -0.39 is 11.6 Å². The first-order chi connectivity index (χ1) is 12.4. The number of carbonyl (C=O) groups is 1. The Labute approximate surface area is 152 Å². The number of aromatic nitrogens is 2. The Kier molecular flexibility index (Phi) is 5.15. The van der Waals surface area contributed by atoms with Gasteiger partial charge in [-0.05, 0) is 44.9 Å². The lowest BCUT2D eigenvalue weighted by atomic mass is 9.94. The summed E-state index contributed by atoms with van der Waals surface area (Å²) in [5.41, 5.74) is 5.90. The molecule has 0 saturated heterocycles. The minimum Gasteiger partial charge on any atom is -0.460 e. The van der Waals surface area contributed by atoms with E-state index in [0.717, 1.165) is 31.4 Å². The highest BCUT2D eigenvalue weighted by Crippen LogP contribution is 2.24. The molecular weight excluding hydrogens is 332 g/mol. The summed E-state index contributed by atoms with van der Waals surface area (Å²) in [7, 11) is 1.81. The summed E-state index contributed by atoms with van der Waals surface area (Å²) in [6.07, 6.45) is 5.50. The topological polar surface area (TPSA) is 94.4 Å². The second kappa shape index (κ2) is 7.35. The van der Waals surface area contributed by atoms with E-state index in [2.05, 4.69) is 5.10 Å². The van der Waals surface area contributed by atoms with Gasteiger partial charge in [-0.15, -0.1) is 0 Å². The maximum absolute atomic E-state index is 12.9. The van der Waals surface area contributed by atoms with Gasteiger partial charge in [0.1, 0.15) is 23.2 Å². The number of likely N-dealkylation sites (N-methyl/N-ethyl adjacent to an activating group) is 1. The summed E-state index contributed by atoms with van der Waals surface area (Å²) in [5, 5.41) is 4.35. The number of anilines is 1. The SMILES string of the molecule is Cc1ccc(-c2cc(N)c(=O)n([C@H](C)C(=O)N(C)C3CCCCC3)n2)o1. The van der Waals surface area contributed by atoms with Gasteiger partial charge in [-0.1, -0.05) is 19.3 Å². The van der Waals surface area contributed by atoms with Gasteiger partial charge in [-0.2, -0.15) is 5.10 Å². The quantitative estimate of drug-likeness (QED) is 0.907. The largest absolute Gasteiger partial charge is 0.460 e. The van der Waals surface area contributed by atoms with Crippen LogP contribution >= 0.6 is 0 Å². The van der Waals surface area contributed by atoms with Gasteiger partial charge in [0.05, 0.1) is 0 Å². The lowest BCUT2D eigenvalue weighted by Gasteiger charge is -2.33. The number of aryl methyl sites for hydroxylation is 1. The van der Waals surface area contributed by atoms with Gasteiger partial charge in [-0.25, -0.2) is 4.68 Å². The van der Waals surface area contributed by atoms with Crippen LogP contribution in [-0.2, 0) is 4.79 Å². The smallest absolute Gasteiger partial charge is 0.290 e. The molecule has 0 radical (unpaired) electrons. The predicted octanol–water partition coefficient (Wildman–Crippen LogP) is 2.75. The van der Waals surface area contributed by atoms with Crippen LogP contribution in [0.5, 0.6) is 0 Å². The van der Waals surface area contributed by atoms with Gasteiger partial charge < -0.3 is 15.1 Å². The van der Waals surface area contributed by atoms with Crippen LogP contribution in [0.25, 0.3) is 11.5 Å². The standard InChI is InChI=1S/C19H26N4O3/c1-12-9-10-17(26-12)16-11-15(20)19(25)23(21-16)13(2)18(24)22(3)14-7-5-4-6-8-14/h9-11,13-14H,4-8,20H2,1-3H3/t13-/m1/s1. The molecule has 2 heterocycles. The van der Waals surface area contributed by atoms with E-state index in [1.165, 1.54) is 17.2 Å². The summed E-state index contributed by atoms with van der Waals surface area (Å²) in [4.78, 5) is 27.2. The fourth-order valence-corrected chi connectivity index (χ4v) is 3.53. The molecule has 7 nitrogen and oxygen atoms in total. The van der Waals surface area contributed by atoms with Crippen molar-refractivity contribution < 1.29 is 9.21 Å². The van der Waals surface area contributed by atoms with Crippen LogP contribution in [0.3, 0.4) is 0 Å². The molecule has 140 valence electrons. The highest BCUT2D eigenvalue weighted by atomic mass is 16.3. The monoisotopic (exact) mass is 358 g/mol. The van der Waals surface area contributed by atoms with Crippen molar-refractivity contribution in [2.45, 2.75) is 58.0 Å². The van der Waals surface area contributed by atoms with Crippen molar-refractivity contribution in [3.63, 3.8) is 0 Å². The second-order valence-corrected chi connectivity index (χ2v) is 7.06. The lowest BCUT2D eigenvalue weighted by Crippen LogP contribution is -2.44. The first-order valence-corrected chi connectivity index (χ1v) is 9.11. The van der Waals surface area contributed by atoms with Gasteiger partial charge in [0.2, 0.25) is 5.91 Å². The van der Waals surface area contributed by atoms with E-state index >= 15 is 0 Å². The molecule has 1 saturated carbocycles. The summed E-state index contributed by atoms with van der Waals surface area (Å²) in [5.74, 6) is 1.13. The van der Waals surface area contributed by atoms with Crippen LogP contribution in [0, 0.1) is 6.92 Å². The first-order valence-electron chi connectivity index (χ1n) is 9.11. The number of rotatable bonds is 4. The fraction of sp³-hybridized carbons (Fsp3) is 0.526. The molecule has 2 N–H and O–H groups in total. The summed E-state index contributed by atoms with van der Waals surface area (Å²) in [6.45, 7) is 3.51. The third kappa shape index (κ3) is 3.52. The van der Waals surface area contributed by atoms with Crippen LogP contribution in [0.2, 0.25) is 0 Å². The molecule has 2 aromatic rings. The Morgan fingerprint density at radius 2 is 2.04 bits per heavy atom. The molecule has 7 heteroatoms. The van der Waals surface area contributed by atoms with Gasteiger partial charge >= 0.3 is 0 Å². The molecule has 1 aliphatic rings. The molecule has 0 bridgehead atoms. The Morgan fingerprint density at radius 1 is 1.35 bits per heavy atom. The van der Waals surface area contributed by atoms with E-state index in [1.807, 2.05) is 20.0 Å². The third-order valence-electron chi connectivity index (χ3n) is 5.15. The lowest BCUT2D eigenvalue weighted by molar-refractivity contribution is -0.136. The van der Waals surface area contributed by atoms with Crippen molar-refractivity contribution in [2.24, 2.45) is 0 Å². The summed E-state index contributed by atoms with van der Waals surface area (Å²) in [6, 6.07) is 4.56. The molecule has 0 aliphatic heterocycles. The zero-order chi connectivity index (χ0) is 18.8. The maximum Gasteiger partial charge on any atom is 0.290 e. The number of nitrogens with zero attached hydrogens (tertiary/aromatic N) is 3. The van der Waals surface area contributed by atoms with E-state index in [-0.39, 0.29) is 17.6 Å². The van der Waals surface area contributed by atoms with Crippen molar-refractivity contribution in [3.05, 3.63) is 34.3 Å². The first kappa shape index (κ1) is 18.2. The van der Waals surface area contributed by atoms with Crippen LogP contribution in [0.1, 0.15) is 50.8 Å². The van der Waals surface area contributed by atoms with Gasteiger partial charge in [0.25, 0.3) is 5.56 Å². The van der Waals surface area contributed by atoms with E-state index in [9.17, 15) is 9.59 Å². The van der Waals surface area contributed by atoms with Gasteiger partial charge in [0, 0.05) is 13.1 Å². The molecule has 1 fully saturated rings. The number of furan rings is 1. The molecule has 3 rings (SSSR count). The van der Waals surface area contributed by atoms with Crippen molar-refractivity contribution >= 4 is 11.6 Å². The minimum absolute atomic E-state index is 0.0454. The summed E-state index contributed by atoms with van der Waals surface area (Å²) >= 11 is 0. The Hall–Kier alpha value is -2.57. The van der Waals surface area contributed by atoms with Crippen LogP contribution in [-0.4, -0.2) is 33.7 Å². The second-order valence-electron chi connectivity index (χ2n) is 7.06. The highest BCUT2D eigenvalue weighted by molar-refractivity contribution is 5.80. The number of hydrogen-bond donors (Lipinski definition) is 1. The van der Waals surface area contributed by atoms with Crippen molar-refractivity contribution in [1.82, 2.24) is 14.7 Å². The van der Waals surface area contributed by atoms with Crippen LogP contribution in [0.15, 0.2) is 27.4 Å². The molecule has 0 spiro atoms. The Morgan fingerprint density at radius 3 is 2.65 bits per heavy atom. The molecule has 1 atom stereocenters. The highest BCUT2D eigenvalue weighted by Gasteiger charge is 2.28. The number of nitrogens with two attached hydrogens (primary N) is 1. The summed E-state index contributed by atoms with van der Waals surface area (Å²) < 4.78 is 6.74. The van der Waals surface area contributed by atoms with Crippen molar-refractivity contribution in [3.8, 4) is 11.5 Å². The van der Waals surface area contributed by atoms with E-state index in [1.54, 1.807) is 17.9 Å². The molecule has 1 amide bonds. The fourth-order valence-electron chi connectivity index (χ4n) is 3.53. The molecule has 2 aromatic heterocycles. The number of nitrogen functional groups attached to an aromatic ring is 1. The van der Waals surface area contributed by atoms with Gasteiger partial charge in [-0.3, -0.25) is 9.59 Å². The van der Waals surface area contributed by atoms with E-state index in [4.69, 9.17) is 10.2 Å². The van der Waals surface area contributed by atoms with E-state index in [0.29, 0.717) is 11.5 Å². The average molecular weight is 358 g/mol. The Balaban J connectivity index is 1.90. The maximum atomic E-state index is 12.9. The molecule has 0 aromatic carbocycles. The minimum atomic E-state index is -0.729. The number of hydrogen-bond acceptors (Lipinski definition) is 5. The zero-order valence-corrected chi connectivity index (χ0v) is 15.6. The normalized spacial score (nSPS) is 16.4. The van der Waals surface area contributed by atoms with Crippen molar-refractivity contribution in [2.75, 3.05) is 12.8 Å². The molecule has 26 heavy (non-hydrogen) atoms. The molecular formula is C19H26N4O3. The number of carbonyl (C=O) groups excluding carboxylic acids is 1. The predicted molar refractivity (Wildman–Crippen MR) is 99.7 cm³/mol. The van der Waals surface area contributed by atoms with Crippen LogP contribution < -0.4 is 11.3 Å². The Bertz CT molecular complexity index is 849. The number of amides is 1. The molecule has 0 unspecified atom stereocenters. The van der Waals surface area contributed by atoms with Crippen LogP contribution in [0.4, 0.5) is 5.69 Å².